The summed E-state index contributed by atoms with van der Waals surface area (Å²) in [4.78, 5) is 19.9. The molecule has 0 aromatic carbocycles. The molecule has 0 heterocycles. The Balaban J connectivity index is 3.41. The van der Waals surface area contributed by atoms with Crippen LogP contribution in [0.1, 0.15) is 12.8 Å². The van der Waals surface area contributed by atoms with Crippen LogP contribution < -0.4 is 10.9 Å². The van der Waals surface area contributed by atoms with Crippen LogP contribution in [0.2, 0.25) is 0 Å². The topological polar surface area (TPSA) is 158 Å². The lowest BCUT2D eigenvalue weighted by molar-refractivity contribution is -0.524. The molecular weight excluding hydrogens is 284 g/mol. The number of hydrogen-bond donors (Lipinski definition) is 4. The highest BCUT2D eigenvalue weighted by Gasteiger charge is 2.05. The number of unbranched alkanes of at least 4 members (excludes halogenated alkanes) is 1. The van der Waals surface area contributed by atoms with E-state index in [9.17, 15) is 20.2 Å². The van der Waals surface area contributed by atoms with Crippen molar-refractivity contribution in [2.24, 2.45) is 0 Å². The average Bonchev–Trinajstić information content (AvgIpc) is 2.20. The zero-order valence-corrected chi connectivity index (χ0v) is 10.8. The van der Waals surface area contributed by atoms with Crippen molar-refractivity contribution in [1.29, 1.82) is 10.8 Å². The van der Waals surface area contributed by atoms with Crippen LogP contribution in [0.3, 0.4) is 0 Å². The summed E-state index contributed by atoms with van der Waals surface area (Å²) in [5.74, 6) is 1.08. The molecule has 0 atom stereocenters. The highest BCUT2D eigenvalue weighted by Crippen LogP contribution is 2.09. The molecule has 4 N–H and O–H groups in total. The van der Waals surface area contributed by atoms with Gasteiger partial charge in [-0.05, 0) is 12.8 Å². The highest BCUT2D eigenvalue weighted by molar-refractivity contribution is 8.14. The van der Waals surface area contributed by atoms with E-state index in [0.29, 0.717) is 24.3 Å². The van der Waals surface area contributed by atoms with Crippen molar-refractivity contribution < 1.29 is 10.1 Å². The quantitative estimate of drug-likeness (QED) is 0.175. The van der Waals surface area contributed by atoms with E-state index in [0.717, 1.165) is 23.5 Å². The van der Waals surface area contributed by atoms with Crippen molar-refractivity contribution in [3.8, 4) is 0 Å². The number of nitrogens with one attached hydrogen (secondary N) is 4. The average molecular weight is 296 g/mol. The van der Waals surface area contributed by atoms with Crippen LogP contribution in [-0.4, -0.2) is 31.9 Å². The van der Waals surface area contributed by atoms with Gasteiger partial charge in [-0.3, -0.25) is 10.8 Å². The Bertz CT molecular complexity index is 306. The Morgan fingerprint density at radius 3 is 1.56 bits per heavy atom. The Morgan fingerprint density at radius 2 is 1.28 bits per heavy atom. The van der Waals surface area contributed by atoms with Gasteiger partial charge in [0.2, 0.25) is 10.3 Å². The van der Waals surface area contributed by atoms with Gasteiger partial charge in [0.05, 0.1) is 0 Å². The molecule has 10 nitrogen and oxygen atoms in total. The predicted octanol–water partition coefficient (Wildman–Crippen LogP) is 0.665. The van der Waals surface area contributed by atoms with E-state index in [1.807, 2.05) is 0 Å². The molecule has 0 saturated carbocycles. The molecule has 0 aromatic rings. The van der Waals surface area contributed by atoms with Crippen molar-refractivity contribution in [2.75, 3.05) is 11.5 Å². The second-order valence-corrected chi connectivity index (χ2v) is 5.01. The first-order valence-electron chi connectivity index (χ1n) is 4.66. The summed E-state index contributed by atoms with van der Waals surface area (Å²) < 4.78 is 0. The maximum atomic E-state index is 9.96. The molecule has 0 aliphatic heterocycles. The van der Waals surface area contributed by atoms with Gasteiger partial charge in [0.15, 0.2) is 10.1 Å². The molecule has 0 bridgehead atoms. The Labute approximate surface area is 111 Å². The molecule has 102 valence electrons. The van der Waals surface area contributed by atoms with E-state index in [2.05, 4.69) is 0 Å². The molecule has 0 spiro atoms. The molecule has 0 unspecified atom stereocenters. The third kappa shape index (κ3) is 10.9. The van der Waals surface area contributed by atoms with Gasteiger partial charge >= 0.3 is 0 Å². The number of hydrazine groups is 2. The minimum Gasteiger partial charge on any atom is -0.274 e. The molecule has 12 heteroatoms. The Morgan fingerprint density at radius 1 is 0.944 bits per heavy atom. The van der Waals surface area contributed by atoms with E-state index < -0.39 is 10.1 Å². The molecule has 0 aromatic heterocycles. The van der Waals surface area contributed by atoms with Crippen molar-refractivity contribution in [1.82, 2.24) is 10.9 Å². The number of rotatable bonds is 7. The zero-order chi connectivity index (χ0) is 14.0. The van der Waals surface area contributed by atoms with E-state index in [1.54, 1.807) is 10.9 Å². The molecule has 0 radical (unpaired) electrons. The first-order chi connectivity index (χ1) is 8.41. The standard InChI is InChI=1S/C6H12N6O4S2/c7-5(9-11(13)14)17-3-1-2-4-18-6(8)10-12(15)16/h1-4H2,(H2,7,9)(H2,8,10). The van der Waals surface area contributed by atoms with Crippen LogP contribution in [0.25, 0.3) is 0 Å². The van der Waals surface area contributed by atoms with E-state index in [1.165, 1.54) is 0 Å². The van der Waals surface area contributed by atoms with Gasteiger partial charge in [-0.15, -0.1) is 0 Å². The summed E-state index contributed by atoms with van der Waals surface area (Å²) >= 11 is 2.04. The fourth-order valence-corrected chi connectivity index (χ4v) is 2.17. The summed E-state index contributed by atoms with van der Waals surface area (Å²) in [7, 11) is 0. The van der Waals surface area contributed by atoms with Crippen LogP contribution >= 0.6 is 23.5 Å². The van der Waals surface area contributed by atoms with E-state index >= 15 is 0 Å². The zero-order valence-electron chi connectivity index (χ0n) is 9.17. The minimum atomic E-state index is -0.796. The van der Waals surface area contributed by atoms with Gasteiger partial charge in [0, 0.05) is 11.5 Å². The molecule has 0 aliphatic carbocycles. The summed E-state index contributed by atoms with van der Waals surface area (Å²) in [5.41, 5.74) is 3.44. The number of nitro groups is 2. The summed E-state index contributed by atoms with van der Waals surface area (Å²) in [6.07, 6.45) is 1.40. The van der Waals surface area contributed by atoms with Crippen molar-refractivity contribution in [3.05, 3.63) is 20.2 Å². The fourth-order valence-electron chi connectivity index (χ4n) is 0.783. The van der Waals surface area contributed by atoms with Gasteiger partial charge in [-0.2, -0.15) is 0 Å². The summed E-state index contributed by atoms with van der Waals surface area (Å²) in [5, 5.41) is 32.1. The minimum absolute atomic E-state index is 0.226. The maximum absolute atomic E-state index is 9.96. The number of hydrogen-bond acceptors (Lipinski definition) is 8. The van der Waals surface area contributed by atoms with E-state index in [-0.39, 0.29) is 10.3 Å². The fraction of sp³-hybridized carbons (Fsp3) is 0.667. The van der Waals surface area contributed by atoms with Gasteiger partial charge in [-0.1, -0.05) is 34.4 Å². The SMILES string of the molecule is N=C(N[N+](=O)[O-])SCCCCSC(=N)N[N+](=O)[O-]. The molecule has 0 amide bonds. The number of thioether (sulfide) groups is 2. The van der Waals surface area contributed by atoms with Crippen molar-refractivity contribution >= 4 is 33.9 Å². The van der Waals surface area contributed by atoms with Gasteiger partial charge in [-0.25, -0.2) is 20.2 Å². The lowest BCUT2D eigenvalue weighted by Crippen LogP contribution is -2.26. The summed E-state index contributed by atoms with van der Waals surface area (Å²) in [6.45, 7) is 0. The smallest absolute Gasteiger partial charge is 0.217 e. The highest BCUT2D eigenvalue weighted by atomic mass is 32.2. The first-order valence-corrected chi connectivity index (χ1v) is 6.63. The second kappa shape index (κ2) is 9.47. The Hall–Kier alpha value is -1.56. The van der Waals surface area contributed by atoms with Crippen LogP contribution in [0.5, 0.6) is 0 Å². The largest absolute Gasteiger partial charge is 0.274 e. The third-order valence-corrected chi connectivity index (χ3v) is 3.16. The van der Waals surface area contributed by atoms with Gasteiger partial charge in [0.1, 0.15) is 0 Å². The lowest BCUT2D eigenvalue weighted by atomic mass is 10.4. The third-order valence-electron chi connectivity index (χ3n) is 1.42. The molecular formula is C6H12N6O4S2. The van der Waals surface area contributed by atoms with Crippen molar-refractivity contribution in [2.45, 2.75) is 12.8 Å². The van der Waals surface area contributed by atoms with Crippen molar-refractivity contribution in [3.63, 3.8) is 0 Å². The maximum Gasteiger partial charge on any atom is 0.217 e. The van der Waals surface area contributed by atoms with Crippen LogP contribution in [0, 0.1) is 31.0 Å². The molecule has 0 fully saturated rings. The molecule has 0 aliphatic rings. The number of amidine groups is 2. The van der Waals surface area contributed by atoms with Gasteiger partial charge in [0.25, 0.3) is 0 Å². The predicted molar refractivity (Wildman–Crippen MR) is 69.9 cm³/mol. The van der Waals surface area contributed by atoms with E-state index in [4.69, 9.17) is 10.8 Å². The molecule has 18 heavy (non-hydrogen) atoms. The van der Waals surface area contributed by atoms with Gasteiger partial charge < -0.3 is 0 Å². The van der Waals surface area contributed by atoms with Crippen LogP contribution in [0.15, 0.2) is 0 Å². The monoisotopic (exact) mass is 296 g/mol. The van der Waals surface area contributed by atoms with Crippen LogP contribution in [-0.2, 0) is 0 Å². The summed E-state index contributed by atoms with van der Waals surface area (Å²) in [6, 6.07) is 0. The normalized spacial score (nSPS) is 9.56. The second-order valence-electron chi connectivity index (χ2n) is 2.80. The lowest BCUT2D eigenvalue weighted by Gasteiger charge is -2.01. The molecule has 0 rings (SSSR count). The van der Waals surface area contributed by atoms with Crippen LogP contribution in [0.4, 0.5) is 0 Å². The molecule has 0 saturated heterocycles. The Kier molecular flexibility index (Phi) is 8.65. The first kappa shape index (κ1) is 16.4. The number of nitrogens with zero attached hydrogens (tertiary/aromatic N) is 2.